The number of rotatable bonds is 6. The van der Waals surface area contributed by atoms with Gasteiger partial charge >= 0.3 is 0 Å². The summed E-state index contributed by atoms with van der Waals surface area (Å²) >= 11 is 0. The molecule has 1 aliphatic rings. The number of halogens is 3. The maximum atomic E-state index is 14.6. The molecule has 0 amide bonds. The first-order valence-electron chi connectivity index (χ1n) is 8.97. The molecule has 1 saturated carbocycles. The maximum Gasteiger partial charge on any atom is 0.235 e. The van der Waals surface area contributed by atoms with E-state index in [1.54, 1.807) is 6.07 Å². The normalized spacial score (nSPS) is 13.9. The fourth-order valence-corrected chi connectivity index (χ4v) is 4.33. The van der Waals surface area contributed by atoms with Gasteiger partial charge in [0.2, 0.25) is 10.0 Å². The van der Waals surface area contributed by atoms with Gasteiger partial charge in [-0.15, -0.1) is 0 Å². The molecular formula is C21H17F3N2O2S. The summed E-state index contributed by atoms with van der Waals surface area (Å²) in [6.07, 6.45) is 1.02. The Bertz CT molecular complexity index is 1160. The zero-order valence-electron chi connectivity index (χ0n) is 15.1. The van der Waals surface area contributed by atoms with Crippen LogP contribution >= 0.6 is 0 Å². The highest BCUT2D eigenvalue weighted by atomic mass is 32.2. The van der Waals surface area contributed by atoms with E-state index in [9.17, 15) is 21.6 Å². The van der Waals surface area contributed by atoms with Crippen LogP contribution in [0.25, 0.3) is 11.1 Å². The quantitative estimate of drug-likeness (QED) is 0.562. The molecule has 0 atom stereocenters. The molecule has 0 bridgehead atoms. The molecule has 1 fully saturated rings. The van der Waals surface area contributed by atoms with Gasteiger partial charge in [0, 0.05) is 0 Å². The summed E-state index contributed by atoms with van der Waals surface area (Å²) in [4.78, 5) is 0. The average Bonchev–Trinajstić information content (AvgIpc) is 3.55. The Morgan fingerprint density at radius 1 is 0.793 bits per heavy atom. The summed E-state index contributed by atoms with van der Waals surface area (Å²) < 4.78 is 69.5. The first-order valence-corrected chi connectivity index (χ1v) is 10.5. The Hall–Kier alpha value is -3.00. The monoisotopic (exact) mass is 418 g/mol. The summed E-state index contributed by atoms with van der Waals surface area (Å²) in [6.45, 7) is 0. The summed E-state index contributed by atoms with van der Waals surface area (Å²) in [5.41, 5.74) is 0.653. The minimum Gasteiger partial charge on any atom is -0.349 e. The van der Waals surface area contributed by atoms with Crippen molar-refractivity contribution in [2.45, 2.75) is 18.1 Å². The van der Waals surface area contributed by atoms with Crippen LogP contribution in [-0.4, -0.2) is 13.7 Å². The van der Waals surface area contributed by atoms with Gasteiger partial charge in [0.25, 0.3) is 0 Å². The first-order chi connectivity index (χ1) is 13.8. The van der Waals surface area contributed by atoms with Crippen molar-refractivity contribution in [1.82, 2.24) is 0 Å². The van der Waals surface area contributed by atoms with Crippen molar-refractivity contribution in [3.63, 3.8) is 0 Å². The van der Waals surface area contributed by atoms with E-state index in [1.165, 1.54) is 12.1 Å². The molecule has 0 saturated heterocycles. The molecule has 0 spiro atoms. The van der Waals surface area contributed by atoms with Crippen LogP contribution < -0.4 is 10.0 Å². The zero-order valence-corrected chi connectivity index (χ0v) is 15.9. The second kappa shape index (κ2) is 7.44. The fraction of sp³-hybridized carbons (Fsp3) is 0.143. The molecule has 3 aromatic carbocycles. The third kappa shape index (κ3) is 4.07. The van der Waals surface area contributed by atoms with E-state index in [4.69, 9.17) is 0 Å². The Morgan fingerprint density at radius 2 is 1.48 bits per heavy atom. The average molecular weight is 418 g/mol. The number of benzene rings is 3. The lowest BCUT2D eigenvalue weighted by Crippen LogP contribution is -2.18. The molecule has 4 rings (SSSR count). The van der Waals surface area contributed by atoms with Gasteiger partial charge in [0.1, 0.15) is 11.5 Å². The standard InChI is InChI=1S/C21H17F3N2O2S/c22-16-9-11-19(26-29(27,28)15-7-8-15)21(20(16)24)25-18-10-6-14(12-17(18)23)13-4-2-1-3-5-13/h1-6,9-12,15,25-26H,7-8H2. The van der Waals surface area contributed by atoms with Crippen LogP contribution in [0, 0.1) is 17.5 Å². The van der Waals surface area contributed by atoms with Crippen LogP contribution in [-0.2, 0) is 10.0 Å². The van der Waals surface area contributed by atoms with E-state index in [-0.39, 0.29) is 11.4 Å². The smallest absolute Gasteiger partial charge is 0.235 e. The van der Waals surface area contributed by atoms with Gasteiger partial charge in [-0.1, -0.05) is 36.4 Å². The second-order valence-electron chi connectivity index (χ2n) is 6.82. The zero-order chi connectivity index (χ0) is 20.6. The van der Waals surface area contributed by atoms with Gasteiger partial charge in [-0.25, -0.2) is 21.6 Å². The molecule has 8 heteroatoms. The molecule has 0 unspecified atom stereocenters. The van der Waals surface area contributed by atoms with Crippen molar-refractivity contribution in [3.8, 4) is 11.1 Å². The van der Waals surface area contributed by atoms with Crippen molar-refractivity contribution < 1.29 is 21.6 Å². The van der Waals surface area contributed by atoms with Gasteiger partial charge in [0.15, 0.2) is 11.6 Å². The highest BCUT2D eigenvalue weighted by Gasteiger charge is 2.36. The van der Waals surface area contributed by atoms with Gasteiger partial charge in [-0.05, 0) is 48.2 Å². The molecule has 2 N–H and O–H groups in total. The van der Waals surface area contributed by atoms with Crippen LogP contribution in [0.5, 0.6) is 0 Å². The van der Waals surface area contributed by atoms with Crippen molar-refractivity contribution in [2.75, 3.05) is 10.0 Å². The van der Waals surface area contributed by atoms with E-state index in [0.717, 1.165) is 17.7 Å². The maximum absolute atomic E-state index is 14.6. The summed E-state index contributed by atoms with van der Waals surface area (Å²) in [5.74, 6) is -3.17. The van der Waals surface area contributed by atoms with E-state index in [0.29, 0.717) is 18.4 Å². The lowest BCUT2D eigenvalue weighted by Gasteiger charge is -2.16. The highest BCUT2D eigenvalue weighted by molar-refractivity contribution is 7.93. The number of hydrogen-bond acceptors (Lipinski definition) is 3. The van der Waals surface area contributed by atoms with Crippen LogP contribution in [0.3, 0.4) is 0 Å². The fourth-order valence-electron chi connectivity index (χ4n) is 2.93. The van der Waals surface area contributed by atoms with Crippen molar-refractivity contribution in [2.24, 2.45) is 0 Å². The molecule has 1 aliphatic carbocycles. The van der Waals surface area contributed by atoms with E-state index < -0.39 is 38.4 Å². The van der Waals surface area contributed by atoms with Gasteiger partial charge in [-0.2, -0.15) is 0 Å². The molecule has 0 aliphatic heterocycles. The highest BCUT2D eigenvalue weighted by Crippen LogP contribution is 2.36. The van der Waals surface area contributed by atoms with Crippen LogP contribution in [0.15, 0.2) is 60.7 Å². The molecule has 0 aromatic heterocycles. The Kier molecular flexibility index (Phi) is 4.96. The van der Waals surface area contributed by atoms with Gasteiger partial charge in [-0.3, -0.25) is 4.72 Å². The molecule has 0 radical (unpaired) electrons. The van der Waals surface area contributed by atoms with Crippen LogP contribution in [0.1, 0.15) is 12.8 Å². The Labute approximate surface area is 166 Å². The first kappa shape index (κ1) is 19.3. The lowest BCUT2D eigenvalue weighted by molar-refractivity contribution is 0.512. The summed E-state index contributed by atoms with van der Waals surface area (Å²) in [6, 6.07) is 15.3. The molecule has 150 valence electrons. The van der Waals surface area contributed by atoms with Crippen molar-refractivity contribution in [1.29, 1.82) is 0 Å². The topological polar surface area (TPSA) is 58.2 Å². The Morgan fingerprint density at radius 3 is 2.14 bits per heavy atom. The number of hydrogen-bond donors (Lipinski definition) is 2. The molecule has 3 aromatic rings. The largest absolute Gasteiger partial charge is 0.349 e. The minimum atomic E-state index is -3.71. The predicted octanol–water partition coefficient (Wildman–Crippen LogP) is 5.42. The minimum absolute atomic E-state index is 0.110. The number of nitrogens with one attached hydrogen (secondary N) is 2. The number of sulfonamides is 1. The predicted molar refractivity (Wildman–Crippen MR) is 107 cm³/mol. The Balaban J connectivity index is 1.68. The summed E-state index contributed by atoms with van der Waals surface area (Å²) in [7, 11) is -3.71. The molecular weight excluding hydrogens is 401 g/mol. The SMILES string of the molecule is O=S(=O)(Nc1ccc(F)c(F)c1Nc1ccc(-c2ccccc2)cc1F)C1CC1. The van der Waals surface area contributed by atoms with Crippen molar-refractivity contribution >= 4 is 27.1 Å². The third-order valence-electron chi connectivity index (χ3n) is 4.65. The summed E-state index contributed by atoms with van der Waals surface area (Å²) in [5, 5.41) is 1.94. The van der Waals surface area contributed by atoms with Gasteiger partial charge in [0.05, 0.1) is 16.6 Å². The molecule has 29 heavy (non-hydrogen) atoms. The lowest BCUT2D eigenvalue weighted by atomic mass is 10.1. The number of anilines is 3. The second-order valence-corrected chi connectivity index (χ2v) is 8.78. The van der Waals surface area contributed by atoms with Crippen LogP contribution in [0.2, 0.25) is 0 Å². The van der Waals surface area contributed by atoms with E-state index >= 15 is 0 Å². The van der Waals surface area contributed by atoms with Crippen molar-refractivity contribution in [3.05, 3.63) is 78.1 Å². The molecule has 0 heterocycles. The van der Waals surface area contributed by atoms with E-state index in [2.05, 4.69) is 10.0 Å². The van der Waals surface area contributed by atoms with Gasteiger partial charge < -0.3 is 5.32 Å². The molecule has 4 nitrogen and oxygen atoms in total. The van der Waals surface area contributed by atoms with Crippen LogP contribution in [0.4, 0.5) is 30.2 Å². The third-order valence-corrected chi connectivity index (χ3v) is 6.50. The van der Waals surface area contributed by atoms with E-state index in [1.807, 2.05) is 30.3 Å².